The van der Waals surface area contributed by atoms with E-state index in [0.29, 0.717) is 0 Å². The molecule has 1 rings (SSSR count). The number of nitrogens with two attached hydrogens (primary N) is 1. The average Bonchev–Trinajstić information content (AvgIpc) is 2.35. The second-order valence-corrected chi connectivity index (χ2v) is 3.24. The van der Waals surface area contributed by atoms with E-state index in [1.165, 1.54) is 0 Å². The van der Waals surface area contributed by atoms with Crippen LogP contribution in [-0.4, -0.2) is 30.8 Å². The Labute approximate surface area is 93.8 Å². The molecule has 1 atom stereocenters. The Kier molecular flexibility index (Phi) is 4.75. The highest BCUT2D eigenvalue weighted by Crippen LogP contribution is 2.11. The molecule has 16 heavy (non-hydrogen) atoms. The van der Waals surface area contributed by atoms with E-state index in [0.717, 1.165) is 11.3 Å². The van der Waals surface area contributed by atoms with Gasteiger partial charge >= 0.3 is 5.97 Å². The molecule has 3 N–H and O–H groups in total. The van der Waals surface area contributed by atoms with Crippen molar-refractivity contribution in [2.45, 2.75) is 12.6 Å². The molecule has 0 fully saturated rings. The first kappa shape index (κ1) is 12.5. The lowest BCUT2D eigenvalue weighted by Crippen LogP contribution is -2.35. The Morgan fingerprint density at radius 2 is 2.06 bits per heavy atom. The third-order valence-corrected chi connectivity index (χ3v) is 2.04. The first-order valence-corrected chi connectivity index (χ1v) is 4.83. The molecule has 0 saturated carbocycles. The number of ether oxygens (including phenoxy) is 2. The van der Waals surface area contributed by atoms with Crippen molar-refractivity contribution in [3.63, 3.8) is 0 Å². The van der Waals surface area contributed by atoms with Crippen molar-refractivity contribution in [1.29, 1.82) is 0 Å². The molecule has 0 aliphatic rings. The van der Waals surface area contributed by atoms with E-state index >= 15 is 0 Å². The normalized spacial score (nSPS) is 11.9. The lowest BCUT2D eigenvalue weighted by molar-refractivity contribution is -0.147. The highest BCUT2D eigenvalue weighted by atomic mass is 16.5. The Bertz CT molecular complexity index is 336. The van der Waals surface area contributed by atoms with Crippen LogP contribution in [0.3, 0.4) is 0 Å². The maximum atomic E-state index is 11.1. The third-order valence-electron chi connectivity index (χ3n) is 2.04. The van der Waals surface area contributed by atoms with Crippen LogP contribution < -0.4 is 10.5 Å². The smallest absolute Gasteiger partial charge is 0.325 e. The van der Waals surface area contributed by atoms with Crippen LogP contribution in [0.1, 0.15) is 5.56 Å². The van der Waals surface area contributed by atoms with Gasteiger partial charge in [0.05, 0.1) is 13.7 Å². The molecule has 0 unspecified atom stereocenters. The van der Waals surface area contributed by atoms with Crippen molar-refractivity contribution in [2.24, 2.45) is 5.73 Å². The molecule has 0 aliphatic heterocycles. The second-order valence-electron chi connectivity index (χ2n) is 3.24. The molecule has 5 heteroatoms. The maximum Gasteiger partial charge on any atom is 0.325 e. The number of rotatable bonds is 5. The summed E-state index contributed by atoms with van der Waals surface area (Å²) in [6.07, 6.45) is 0. The number of aliphatic hydroxyl groups is 1. The number of hydrogen-bond acceptors (Lipinski definition) is 5. The Hall–Kier alpha value is -1.59. The first-order valence-electron chi connectivity index (χ1n) is 4.83. The number of methoxy groups -OCH3 is 1. The standard InChI is InChI=1S/C11H15NO4/c1-15-9-4-2-8(3-5-9)7-16-11(14)10(12)6-13/h2-5,10,13H,6-7,12H2,1H3/t10-/m1/s1. The number of hydrogen-bond donors (Lipinski definition) is 2. The predicted octanol–water partition coefficient (Wildman–Crippen LogP) is 0.0580. The molecular formula is C11H15NO4. The number of carbonyl (C=O) groups excluding carboxylic acids is 1. The zero-order valence-electron chi connectivity index (χ0n) is 9.05. The molecule has 0 aliphatic carbocycles. The van der Waals surface area contributed by atoms with Crippen LogP contribution in [0.4, 0.5) is 0 Å². The fraction of sp³-hybridized carbons (Fsp3) is 0.364. The Morgan fingerprint density at radius 3 is 2.56 bits per heavy atom. The summed E-state index contributed by atoms with van der Waals surface area (Å²) in [5.74, 6) is 0.125. The Morgan fingerprint density at radius 1 is 1.44 bits per heavy atom. The molecule has 5 nitrogen and oxygen atoms in total. The molecule has 0 saturated heterocycles. The number of carbonyl (C=O) groups is 1. The highest BCUT2D eigenvalue weighted by Gasteiger charge is 2.13. The molecule has 0 heterocycles. The van der Waals surface area contributed by atoms with Crippen LogP contribution in [0.5, 0.6) is 5.75 Å². The Balaban J connectivity index is 2.45. The largest absolute Gasteiger partial charge is 0.497 e. The summed E-state index contributed by atoms with van der Waals surface area (Å²) >= 11 is 0. The minimum atomic E-state index is -0.974. The average molecular weight is 225 g/mol. The molecule has 1 aromatic rings. The summed E-state index contributed by atoms with van der Waals surface area (Å²) in [7, 11) is 1.58. The van der Waals surface area contributed by atoms with E-state index in [4.69, 9.17) is 20.3 Å². The summed E-state index contributed by atoms with van der Waals surface area (Å²) in [4.78, 5) is 11.1. The van der Waals surface area contributed by atoms with E-state index in [1.54, 1.807) is 31.4 Å². The fourth-order valence-corrected chi connectivity index (χ4v) is 1.06. The van der Waals surface area contributed by atoms with Gasteiger partial charge in [0.2, 0.25) is 0 Å². The topological polar surface area (TPSA) is 81.8 Å². The van der Waals surface area contributed by atoms with Crippen molar-refractivity contribution in [3.8, 4) is 5.75 Å². The summed E-state index contributed by atoms with van der Waals surface area (Å²) in [5, 5.41) is 8.63. The first-order chi connectivity index (χ1) is 7.67. The van der Waals surface area contributed by atoms with Crippen molar-refractivity contribution < 1.29 is 19.4 Å². The van der Waals surface area contributed by atoms with Gasteiger partial charge in [-0.05, 0) is 17.7 Å². The molecule has 0 amide bonds. The second kappa shape index (κ2) is 6.09. The SMILES string of the molecule is COc1ccc(COC(=O)[C@H](N)CO)cc1. The summed E-state index contributed by atoms with van der Waals surface area (Å²) in [5.41, 5.74) is 6.11. The predicted molar refractivity (Wildman–Crippen MR) is 57.9 cm³/mol. The monoisotopic (exact) mass is 225 g/mol. The van der Waals surface area contributed by atoms with Crippen LogP contribution in [0.15, 0.2) is 24.3 Å². The van der Waals surface area contributed by atoms with Gasteiger partial charge in [0.15, 0.2) is 0 Å². The number of aliphatic hydroxyl groups excluding tert-OH is 1. The molecule has 0 aromatic heterocycles. The lowest BCUT2D eigenvalue weighted by atomic mass is 10.2. The van der Waals surface area contributed by atoms with Gasteiger partial charge in [0, 0.05) is 0 Å². The van der Waals surface area contributed by atoms with Gasteiger partial charge in [-0.15, -0.1) is 0 Å². The molecule has 88 valence electrons. The highest BCUT2D eigenvalue weighted by molar-refractivity contribution is 5.75. The third kappa shape index (κ3) is 3.52. The van der Waals surface area contributed by atoms with Crippen LogP contribution in [-0.2, 0) is 16.1 Å². The summed E-state index contributed by atoms with van der Waals surface area (Å²) < 4.78 is 9.88. The summed E-state index contributed by atoms with van der Waals surface area (Å²) in [6, 6.07) is 6.15. The van der Waals surface area contributed by atoms with Crippen molar-refractivity contribution in [3.05, 3.63) is 29.8 Å². The lowest BCUT2D eigenvalue weighted by Gasteiger charge is -2.09. The molecule has 0 radical (unpaired) electrons. The number of benzene rings is 1. The minimum Gasteiger partial charge on any atom is -0.497 e. The number of esters is 1. The quantitative estimate of drug-likeness (QED) is 0.692. The van der Waals surface area contributed by atoms with Gasteiger partial charge < -0.3 is 20.3 Å². The minimum absolute atomic E-state index is 0.135. The van der Waals surface area contributed by atoms with Crippen LogP contribution in [0.25, 0.3) is 0 Å². The van der Waals surface area contributed by atoms with Crippen LogP contribution in [0, 0.1) is 0 Å². The van der Waals surface area contributed by atoms with Crippen LogP contribution >= 0.6 is 0 Å². The fourth-order valence-electron chi connectivity index (χ4n) is 1.06. The van der Waals surface area contributed by atoms with Gasteiger partial charge in [-0.1, -0.05) is 12.1 Å². The van der Waals surface area contributed by atoms with E-state index < -0.39 is 18.6 Å². The van der Waals surface area contributed by atoms with Gasteiger partial charge in [0.25, 0.3) is 0 Å². The van der Waals surface area contributed by atoms with E-state index in [-0.39, 0.29) is 6.61 Å². The molecule has 0 spiro atoms. The van der Waals surface area contributed by atoms with Crippen molar-refractivity contribution in [2.75, 3.05) is 13.7 Å². The van der Waals surface area contributed by atoms with Crippen molar-refractivity contribution in [1.82, 2.24) is 0 Å². The van der Waals surface area contributed by atoms with Gasteiger partial charge in [-0.2, -0.15) is 0 Å². The molecule has 1 aromatic carbocycles. The van der Waals surface area contributed by atoms with Crippen LogP contribution in [0.2, 0.25) is 0 Å². The maximum absolute atomic E-state index is 11.1. The van der Waals surface area contributed by atoms with E-state index in [9.17, 15) is 4.79 Å². The van der Waals surface area contributed by atoms with E-state index in [1.807, 2.05) is 0 Å². The molecule has 0 bridgehead atoms. The van der Waals surface area contributed by atoms with Gasteiger partial charge in [-0.3, -0.25) is 4.79 Å². The van der Waals surface area contributed by atoms with Crippen molar-refractivity contribution >= 4 is 5.97 Å². The van der Waals surface area contributed by atoms with E-state index in [2.05, 4.69) is 0 Å². The zero-order chi connectivity index (χ0) is 12.0. The zero-order valence-corrected chi connectivity index (χ0v) is 9.05. The van der Waals surface area contributed by atoms with Gasteiger partial charge in [-0.25, -0.2) is 0 Å². The van der Waals surface area contributed by atoms with Gasteiger partial charge in [0.1, 0.15) is 18.4 Å². The summed E-state index contributed by atoms with van der Waals surface area (Å²) in [6.45, 7) is -0.280. The molecular weight excluding hydrogens is 210 g/mol.